The zero-order chi connectivity index (χ0) is 9.73. The van der Waals surface area contributed by atoms with E-state index >= 15 is 0 Å². The van der Waals surface area contributed by atoms with Gasteiger partial charge in [-0.2, -0.15) is 0 Å². The van der Waals surface area contributed by atoms with Crippen LogP contribution in [0.5, 0.6) is 0 Å². The van der Waals surface area contributed by atoms with E-state index in [1.807, 2.05) is 0 Å². The fourth-order valence-corrected chi connectivity index (χ4v) is 2.57. The molecule has 0 heterocycles. The minimum Gasteiger partial charge on any atom is -0.303 e. The molecule has 0 N–H and O–H groups in total. The van der Waals surface area contributed by atoms with Crippen LogP contribution in [0, 0.1) is 11.3 Å². The number of carbonyl (C=O) groups is 1. The van der Waals surface area contributed by atoms with Gasteiger partial charge < -0.3 is 4.79 Å². The first-order chi connectivity index (χ1) is 6.25. The highest BCUT2D eigenvalue weighted by molar-refractivity contribution is 6.17. The van der Waals surface area contributed by atoms with Crippen molar-refractivity contribution in [2.45, 2.75) is 45.4 Å². The second kappa shape index (κ2) is 4.99. The zero-order valence-electron chi connectivity index (χ0n) is 8.39. The number of carbonyl (C=O) groups excluding carboxylic acids is 1. The average molecular weight is 203 g/mol. The van der Waals surface area contributed by atoms with Gasteiger partial charge in [0.2, 0.25) is 0 Å². The Balaban J connectivity index is 2.58. The molecular formula is C11H19ClO. The van der Waals surface area contributed by atoms with Gasteiger partial charge in [-0.3, -0.25) is 0 Å². The van der Waals surface area contributed by atoms with Crippen LogP contribution in [-0.2, 0) is 4.79 Å². The molecule has 0 radical (unpaired) electrons. The Hall–Kier alpha value is -0.0400. The lowest BCUT2D eigenvalue weighted by Gasteiger charge is -2.38. The van der Waals surface area contributed by atoms with Crippen LogP contribution in [-0.4, -0.2) is 12.2 Å². The number of hydrogen-bond acceptors (Lipinski definition) is 1. The summed E-state index contributed by atoms with van der Waals surface area (Å²) in [6, 6.07) is 0. The minimum atomic E-state index is -0.0346. The maximum absolute atomic E-state index is 11.2. The van der Waals surface area contributed by atoms with E-state index in [0.717, 1.165) is 19.3 Å². The van der Waals surface area contributed by atoms with Crippen LogP contribution in [0.25, 0.3) is 0 Å². The molecule has 1 rings (SSSR count). The summed E-state index contributed by atoms with van der Waals surface area (Å²) in [6.07, 6.45) is 7.95. The summed E-state index contributed by atoms with van der Waals surface area (Å²) in [4.78, 5) is 11.2. The van der Waals surface area contributed by atoms with Crippen LogP contribution in [0.15, 0.2) is 0 Å². The number of aldehydes is 1. The first-order valence-electron chi connectivity index (χ1n) is 5.27. The van der Waals surface area contributed by atoms with Crippen LogP contribution < -0.4 is 0 Å². The second-order valence-corrected chi connectivity index (χ2v) is 4.67. The summed E-state index contributed by atoms with van der Waals surface area (Å²) in [7, 11) is 0. The lowest BCUT2D eigenvalue weighted by Crippen LogP contribution is -2.33. The normalized spacial score (nSPS) is 34.5. The van der Waals surface area contributed by atoms with Gasteiger partial charge in [0.25, 0.3) is 0 Å². The lowest BCUT2D eigenvalue weighted by atomic mass is 9.66. The van der Waals surface area contributed by atoms with Gasteiger partial charge in [0, 0.05) is 11.3 Å². The SMILES string of the molecule is CC1CCCCC1(C=O)CCCCl. The number of rotatable bonds is 4. The summed E-state index contributed by atoms with van der Waals surface area (Å²) < 4.78 is 0. The van der Waals surface area contributed by atoms with Gasteiger partial charge in [0.1, 0.15) is 6.29 Å². The third-order valence-electron chi connectivity index (χ3n) is 3.52. The molecule has 0 amide bonds. The molecule has 0 bridgehead atoms. The summed E-state index contributed by atoms with van der Waals surface area (Å²) in [6.45, 7) is 2.21. The molecular weight excluding hydrogens is 184 g/mol. The van der Waals surface area contributed by atoms with E-state index in [1.54, 1.807) is 0 Å². The third-order valence-corrected chi connectivity index (χ3v) is 3.79. The molecule has 0 spiro atoms. The summed E-state index contributed by atoms with van der Waals surface area (Å²) in [5.74, 6) is 1.24. The predicted octanol–water partition coefficient (Wildman–Crippen LogP) is 3.40. The number of hydrogen-bond donors (Lipinski definition) is 0. The molecule has 0 aromatic carbocycles. The smallest absolute Gasteiger partial charge is 0.126 e. The van der Waals surface area contributed by atoms with Crippen molar-refractivity contribution in [3.05, 3.63) is 0 Å². The molecule has 1 saturated carbocycles. The van der Waals surface area contributed by atoms with Gasteiger partial charge >= 0.3 is 0 Å². The van der Waals surface area contributed by atoms with Crippen LogP contribution >= 0.6 is 11.6 Å². The van der Waals surface area contributed by atoms with Gasteiger partial charge in [-0.25, -0.2) is 0 Å². The summed E-state index contributed by atoms with van der Waals surface area (Å²) in [5.41, 5.74) is -0.0346. The van der Waals surface area contributed by atoms with Gasteiger partial charge in [0.05, 0.1) is 0 Å². The van der Waals surface area contributed by atoms with Gasteiger partial charge in [-0.05, 0) is 31.6 Å². The van der Waals surface area contributed by atoms with Crippen molar-refractivity contribution >= 4 is 17.9 Å². The fraction of sp³-hybridized carbons (Fsp3) is 0.909. The first-order valence-corrected chi connectivity index (χ1v) is 5.81. The number of halogens is 1. The Kier molecular flexibility index (Phi) is 4.24. The maximum Gasteiger partial charge on any atom is 0.126 e. The number of alkyl halides is 1. The minimum absolute atomic E-state index is 0.0346. The van der Waals surface area contributed by atoms with E-state index < -0.39 is 0 Å². The molecule has 2 heteroatoms. The van der Waals surface area contributed by atoms with Crippen LogP contribution in [0.4, 0.5) is 0 Å². The molecule has 1 fully saturated rings. The largest absolute Gasteiger partial charge is 0.303 e. The Morgan fingerprint density at radius 1 is 1.54 bits per heavy atom. The van der Waals surface area contributed by atoms with Crippen molar-refractivity contribution < 1.29 is 4.79 Å². The zero-order valence-corrected chi connectivity index (χ0v) is 9.15. The molecule has 1 nitrogen and oxygen atoms in total. The Labute approximate surface area is 85.8 Å². The van der Waals surface area contributed by atoms with E-state index in [4.69, 9.17) is 11.6 Å². The third kappa shape index (κ3) is 2.46. The van der Waals surface area contributed by atoms with Crippen molar-refractivity contribution in [3.63, 3.8) is 0 Å². The molecule has 1 aliphatic carbocycles. The Bertz CT molecular complexity index is 169. The molecule has 0 aromatic rings. The molecule has 1 aliphatic rings. The van der Waals surface area contributed by atoms with Crippen molar-refractivity contribution in [1.82, 2.24) is 0 Å². The second-order valence-electron chi connectivity index (χ2n) is 4.29. The molecule has 0 aromatic heterocycles. The van der Waals surface area contributed by atoms with Crippen molar-refractivity contribution in [1.29, 1.82) is 0 Å². The molecule has 2 atom stereocenters. The topological polar surface area (TPSA) is 17.1 Å². The van der Waals surface area contributed by atoms with E-state index in [2.05, 4.69) is 6.92 Å². The standard InChI is InChI=1S/C11H19ClO/c1-10-5-2-3-6-11(10,9-13)7-4-8-12/h9-10H,2-8H2,1H3. The van der Waals surface area contributed by atoms with E-state index in [1.165, 1.54) is 25.5 Å². The van der Waals surface area contributed by atoms with Crippen LogP contribution in [0.2, 0.25) is 0 Å². The van der Waals surface area contributed by atoms with Gasteiger partial charge in [-0.1, -0.05) is 19.8 Å². The molecule has 2 unspecified atom stereocenters. The first kappa shape index (κ1) is 11.0. The van der Waals surface area contributed by atoms with Gasteiger partial charge in [0.15, 0.2) is 0 Å². The quantitative estimate of drug-likeness (QED) is 0.505. The summed E-state index contributed by atoms with van der Waals surface area (Å²) in [5, 5.41) is 0. The highest BCUT2D eigenvalue weighted by Crippen LogP contribution is 2.42. The van der Waals surface area contributed by atoms with Crippen LogP contribution in [0.3, 0.4) is 0 Å². The van der Waals surface area contributed by atoms with E-state index in [9.17, 15) is 4.79 Å². The highest BCUT2D eigenvalue weighted by atomic mass is 35.5. The highest BCUT2D eigenvalue weighted by Gasteiger charge is 2.37. The van der Waals surface area contributed by atoms with Crippen molar-refractivity contribution in [3.8, 4) is 0 Å². The Morgan fingerprint density at radius 3 is 2.85 bits per heavy atom. The molecule has 0 saturated heterocycles. The van der Waals surface area contributed by atoms with E-state index in [0.29, 0.717) is 11.8 Å². The van der Waals surface area contributed by atoms with Crippen molar-refractivity contribution in [2.24, 2.45) is 11.3 Å². The maximum atomic E-state index is 11.2. The fourth-order valence-electron chi connectivity index (χ4n) is 2.44. The molecule has 13 heavy (non-hydrogen) atoms. The monoisotopic (exact) mass is 202 g/mol. The average Bonchev–Trinajstić information content (AvgIpc) is 2.17. The Morgan fingerprint density at radius 2 is 2.31 bits per heavy atom. The van der Waals surface area contributed by atoms with Gasteiger partial charge in [-0.15, -0.1) is 11.6 Å². The summed E-state index contributed by atoms with van der Waals surface area (Å²) >= 11 is 5.67. The predicted molar refractivity (Wildman–Crippen MR) is 56.1 cm³/mol. The van der Waals surface area contributed by atoms with E-state index in [-0.39, 0.29) is 5.41 Å². The van der Waals surface area contributed by atoms with Crippen LogP contribution in [0.1, 0.15) is 45.4 Å². The van der Waals surface area contributed by atoms with Crippen molar-refractivity contribution in [2.75, 3.05) is 5.88 Å². The lowest BCUT2D eigenvalue weighted by molar-refractivity contribution is -0.121. The molecule has 0 aliphatic heterocycles. The molecule has 76 valence electrons.